The first-order valence-electron chi connectivity index (χ1n) is 11.2. The minimum atomic E-state index is -0.0384. The molecule has 1 fully saturated rings. The average Bonchev–Trinajstić information content (AvgIpc) is 3.28. The van der Waals surface area contributed by atoms with E-state index in [4.69, 9.17) is 11.6 Å². The number of carbonyl (C=O) groups excluding carboxylic acids is 1. The number of nitrogens with one attached hydrogen (secondary N) is 2. The number of carbonyl (C=O) groups is 1. The van der Waals surface area contributed by atoms with Gasteiger partial charge in [-0.25, -0.2) is 0 Å². The van der Waals surface area contributed by atoms with Crippen molar-refractivity contribution in [1.82, 2.24) is 5.32 Å². The highest BCUT2D eigenvalue weighted by atomic mass is 35.5. The third-order valence-corrected chi connectivity index (χ3v) is 6.87. The molecule has 0 aliphatic carbocycles. The van der Waals surface area contributed by atoms with E-state index in [9.17, 15) is 4.79 Å². The summed E-state index contributed by atoms with van der Waals surface area (Å²) in [5.74, 6) is -0.0384. The highest BCUT2D eigenvalue weighted by molar-refractivity contribution is 7.07. The van der Waals surface area contributed by atoms with Crippen molar-refractivity contribution in [3.63, 3.8) is 0 Å². The van der Waals surface area contributed by atoms with Crippen molar-refractivity contribution in [2.45, 2.75) is 44.7 Å². The van der Waals surface area contributed by atoms with Crippen LogP contribution in [0.1, 0.15) is 30.9 Å². The quantitative estimate of drug-likeness (QED) is 0.441. The molecule has 4 nitrogen and oxygen atoms in total. The lowest BCUT2D eigenvalue weighted by atomic mass is 10.0. The van der Waals surface area contributed by atoms with Gasteiger partial charge in [0.2, 0.25) is 5.91 Å². The van der Waals surface area contributed by atoms with Gasteiger partial charge < -0.3 is 15.5 Å². The molecule has 0 bridgehead atoms. The van der Waals surface area contributed by atoms with Gasteiger partial charge in [0.05, 0.1) is 6.42 Å². The van der Waals surface area contributed by atoms with Crippen LogP contribution in [0.4, 0.5) is 11.4 Å². The number of rotatable bonds is 8. The minimum absolute atomic E-state index is 0.0384. The number of hydrogen-bond acceptors (Lipinski definition) is 4. The number of piperidine rings is 1. The number of hydrogen-bond donors (Lipinski definition) is 2. The summed E-state index contributed by atoms with van der Waals surface area (Å²) in [7, 11) is 0. The van der Waals surface area contributed by atoms with Crippen LogP contribution in [0.2, 0.25) is 5.02 Å². The lowest BCUT2D eigenvalue weighted by Crippen LogP contribution is -2.46. The van der Waals surface area contributed by atoms with Crippen LogP contribution in [0.15, 0.2) is 65.4 Å². The molecule has 32 heavy (non-hydrogen) atoms. The number of amides is 1. The summed E-state index contributed by atoms with van der Waals surface area (Å²) < 4.78 is 0. The van der Waals surface area contributed by atoms with Gasteiger partial charge in [-0.3, -0.25) is 4.79 Å². The molecule has 0 spiro atoms. The molecule has 1 aliphatic rings. The summed E-state index contributed by atoms with van der Waals surface area (Å²) in [6.07, 6.45) is 3.69. The molecule has 1 amide bonds. The Morgan fingerprint density at radius 1 is 1.12 bits per heavy atom. The third kappa shape index (κ3) is 6.58. The Morgan fingerprint density at radius 3 is 2.59 bits per heavy atom. The standard InChI is InChI=1S/C26H30ClN3OS/c1-19(15-21-11-14-32-18-21)28-24-9-12-30(13-10-24)25-7-5-23(6-8-25)29-26(31)17-20-3-2-4-22(27)16-20/h2-8,11,14,16,18-19,24,28H,9-10,12-13,15,17H2,1H3,(H,29,31). The monoisotopic (exact) mass is 467 g/mol. The van der Waals surface area contributed by atoms with Gasteiger partial charge in [0.15, 0.2) is 0 Å². The van der Waals surface area contributed by atoms with Gasteiger partial charge in [-0.2, -0.15) is 11.3 Å². The summed E-state index contributed by atoms with van der Waals surface area (Å²) in [6, 6.07) is 18.9. The first-order valence-corrected chi connectivity index (χ1v) is 12.5. The van der Waals surface area contributed by atoms with E-state index in [-0.39, 0.29) is 5.91 Å². The van der Waals surface area contributed by atoms with Crippen LogP contribution in [0.25, 0.3) is 0 Å². The van der Waals surface area contributed by atoms with Gasteiger partial charge in [0, 0.05) is 41.6 Å². The topological polar surface area (TPSA) is 44.4 Å². The average molecular weight is 468 g/mol. The van der Waals surface area contributed by atoms with Gasteiger partial charge in [-0.15, -0.1) is 0 Å². The number of thiophene rings is 1. The first-order chi connectivity index (χ1) is 15.5. The van der Waals surface area contributed by atoms with E-state index in [1.54, 1.807) is 11.3 Å². The predicted octanol–water partition coefficient (Wildman–Crippen LogP) is 5.77. The summed E-state index contributed by atoms with van der Waals surface area (Å²) in [5.41, 5.74) is 4.36. The normalized spacial score (nSPS) is 15.5. The maximum absolute atomic E-state index is 12.3. The number of halogens is 1. The van der Waals surface area contributed by atoms with Crippen molar-refractivity contribution in [3.8, 4) is 0 Å². The fraction of sp³-hybridized carbons (Fsp3) is 0.346. The highest BCUT2D eigenvalue weighted by Crippen LogP contribution is 2.23. The number of nitrogens with zero attached hydrogens (tertiary/aromatic N) is 1. The lowest BCUT2D eigenvalue weighted by molar-refractivity contribution is -0.115. The smallest absolute Gasteiger partial charge is 0.228 e. The van der Waals surface area contributed by atoms with Crippen molar-refractivity contribution in [3.05, 3.63) is 81.5 Å². The molecule has 2 N–H and O–H groups in total. The minimum Gasteiger partial charge on any atom is -0.371 e. The molecule has 4 rings (SSSR count). The second-order valence-corrected chi connectivity index (χ2v) is 9.78. The SMILES string of the molecule is CC(Cc1ccsc1)NC1CCN(c2ccc(NC(=O)Cc3cccc(Cl)c3)cc2)CC1. The van der Waals surface area contributed by atoms with E-state index < -0.39 is 0 Å². The summed E-state index contributed by atoms with van der Waals surface area (Å²) in [4.78, 5) is 14.8. The van der Waals surface area contributed by atoms with Gasteiger partial charge in [-0.1, -0.05) is 23.7 Å². The molecule has 1 unspecified atom stereocenters. The van der Waals surface area contributed by atoms with Gasteiger partial charge in [0.1, 0.15) is 0 Å². The molecule has 1 aromatic heterocycles. The molecule has 2 aromatic carbocycles. The zero-order valence-electron chi connectivity index (χ0n) is 18.4. The van der Waals surface area contributed by atoms with Crippen LogP contribution in [-0.4, -0.2) is 31.1 Å². The van der Waals surface area contributed by atoms with Crippen LogP contribution < -0.4 is 15.5 Å². The number of benzene rings is 2. The number of anilines is 2. The second-order valence-electron chi connectivity index (χ2n) is 8.57. The molecule has 1 saturated heterocycles. The van der Waals surface area contributed by atoms with Gasteiger partial charge in [0.25, 0.3) is 0 Å². The van der Waals surface area contributed by atoms with Crippen LogP contribution in [-0.2, 0) is 17.6 Å². The third-order valence-electron chi connectivity index (χ3n) is 5.91. The summed E-state index contributed by atoms with van der Waals surface area (Å²) in [6.45, 7) is 4.37. The Hall–Kier alpha value is -2.34. The van der Waals surface area contributed by atoms with Crippen molar-refractivity contribution in [2.24, 2.45) is 0 Å². The van der Waals surface area contributed by atoms with Gasteiger partial charge in [-0.05, 0) is 90.5 Å². The highest BCUT2D eigenvalue weighted by Gasteiger charge is 2.21. The van der Waals surface area contributed by atoms with Crippen molar-refractivity contribution in [1.29, 1.82) is 0 Å². The Bertz CT molecular complexity index is 998. The molecule has 3 aromatic rings. The zero-order valence-corrected chi connectivity index (χ0v) is 20.0. The van der Waals surface area contributed by atoms with Crippen LogP contribution in [0.3, 0.4) is 0 Å². The molecule has 1 aliphatic heterocycles. The molecular formula is C26H30ClN3OS. The van der Waals surface area contributed by atoms with E-state index in [2.05, 4.69) is 51.4 Å². The molecule has 0 radical (unpaired) electrons. The fourth-order valence-corrected chi connectivity index (χ4v) is 5.22. The maximum Gasteiger partial charge on any atom is 0.228 e. The maximum atomic E-state index is 12.3. The molecule has 6 heteroatoms. The van der Waals surface area contributed by atoms with E-state index in [1.165, 1.54) is 11.3 Å². The van der Waals surface area contributed by atoms with E-state index in [0.717, 1.165) is 43.6 Å². The van der Waals surface area contributed by atoms with Crippen molar-refractivity contribution >= 4 is 40.2 Å². The molecule has 168 valence electrons. The van der Waals surface area contributed by atoms with E-state index >= 15 is 0 Å². The molecule has 2 heterocycles. The molecule has 1 atom stereocenters. The second kappa shape index (κ2) is 11.0. The summed E-state index contributed by atoms with van der Waals surface area (Å²) >= 11 is 7.77. The van der Waals surface area contributed by atoms with Gasteiger partial charge >= 0.3 is 0 Å². The Kier molecular flexibility index (Phi) is 7.85. The predicted molar refractivity (Wildman–Crippen MR) is 136 cm³/mol. The summed E-state index contributed by atoms with van der Waals surface area (Å²) in [5, 5.41) is 11.8. The van der Waals surface area contributed by atoms with E-state index in [1.807, 2.05) is 36.4 Å². The Morgan fingerprint density at radius 2 is 1.91 bits per heavy atom. The van der Waals surface area contributed by atoms with Crippen LogP contribution in [0.5, 0.6) is 0 Å². The van der Waals surface area contributed by atoms with Crippen LogP contribution >= 0.6 is 22.9 Å². The largest absolute Gasteiger partial charge is 0.371 e. The molecule has 0 saturated carbocycles. The van der Waals surface area contributed by atoms with Crippen molar-refractivity contribution < 1.29 is 4.79 Å². The zero-order chi connectivity index (χ0) is 22.3. The first kappa shape index (κ1) is 22.8. The Labute approximate surface area is 199 Å². The Balaban J connectivity index is 1.22. The van der Waals surface area contributed by atoms with E-state index in [0.29, 0.717) is 23.5 Å². The van der Waals surface area contributed by atoms with Crippen molar-refractivity contribution in [2.75, 3.05) is 23.3 Å². The van der Waals surface area contributed by atoms with Crippen LogP contribution in [0, 0.1) is 0 Å². The molecular weight excluding hydrogens is 438 g/mol. The fourth-order valence-electron chi connectivity index (χ4n) is 4.32. The lowest BCUT2D eigenvalue weighted by Gasteiger charge is -2.35.